The molecule has 27 heavy (non-hydrogen) atoms. The topological polar surface area (TPSA) is 52.6 Å². The molecule has 2 fully saturated rings. The smallest absolute Gasteiger partial charge is 0.307 e. The van der Waals surface area contributed by atoms with E-state index in [-0.39, 0.29) is 23.5 Å². The fourth-order valence-electron chi connectivity index (χ4n) is 6.59. The normalized spacial score (nSPS) is 40.4. The highest BCUT2D eigenvalue weighted by Gasteiger charge is 2.57. The van der Waals surface area contributed by atoms with Gasteiger partial charge in [0, 0.05) is 25.7 Å². The van der Waals surface area contributed by atoms with Crippen LogP contribution in [0.25, 0.3) is 0 Å². The number of carbonyl (C=O) groups is 2. The minimum Gasteiger partial charge on any atom is -0.462 e. The summed E-state index contributed by atoms with van der Waals surface area (Å²) in [7, 11) is 0. The van der Waals surface area contributed by atoms with Gasteiger partial charge in [-0.1, -0.05) is 24.6 Å². The summed E-state index contributed by atoms with van der Waals surface area (Å²) in [4.78, 5) is 22.9. The molecule has 4 aliphatic carbocycles. The molecule has 0 saturated heterocycles. The Morgan fingerprint density at radius 3 is 2.59 bits per heavy atom. The maximum atomic E-state index is 11.5. The lowest BCUT2D eigenvalue weighted by atomic mass is 9.53. The third-order valence-corrected chi connectivity index (χ3v) is 8.12. The van der Waals surface area contributed by atoms with E-state index in [4.69, 9.17) is 21.1 Å². The Morgan fingerprint density at radius 2 is 1.89 bits per heavy atom. The summed E-state index contributed by atoms with van der Waals surface area (Å²) in [6.07, 6.45) is 9.52. The van der Waals surface area contributed by atoms with Crippen LogP contribution in [-0.4, -0.2) is 18.0 Å². The first kappa shape index (κ1) is 19.0. The summed E-state index contributed by atoms with van der Waals surface area (Å²) in [5.41, 5.74) is 1.30. The Bertz CT molecular complexity index is 724. The predicted octanol–water partition coefficient (Wildman–Crippen LogP) is 5.11. The van der Waals surface area contributed by atoms with E-state index in [1.807, 2.05) is 0 Å². The lowest BCUT2D eigenvalue weighted by Gasteiger charge is -2.52. The number of halogens is 1. The van der Waals surface area contributed by atoms with Gasteiger partial charge in [0.15, 0.2) is 0 Å². The third-order valence-electron chi connectivity index (χ3n) is 7.69. The standard InChI is InChI=1S/C22H29ClO4/c1-12(24)26-19-8-6-14-15-10-11-22(3)18(7-9-20(22)27-13(2)25)16(15)4-5-17(14)21(19)23/h5,14-16,18,20H,4,6-11H2,1-3H3/t14-,15-,16-,18+,20?,22+/m1/s1. The zero-order chi connectivity index (χ0) is 19.3. The fourth-order valence-corrected chi connectivity index (χ4v) is 6.95. The van der Waals surface area contributed by atoms with Crippen molar-refractivity contribution < 1.29 is 19.1 Å². The molecule has 4 rings (SSSR count). The lowest BCUT2D eigenvalue weighted by Crippen LogP contribution is -2.47. The van der Waals surface area contributed by atoms with Gasteiger partial charge in [-0.05, 0) is 67.8 Å². The molecule has 0 radical (unpaired) electrons. The minimum absolute atomic E-state index is 0.0664. The van der Waals surface area contributed by atoms with Crippen LogP contribution >= 0.6 is 11.6 Å². The van der Waals surface area contributed by atoms with Crippen molar-refractivity contribution in [2.75, 3.05) is 0 Å². The average molecular weight is 393 g/mol. The molecule has 4 aliphatic rings. The van der Waals surface area contributed by atoms with E-state index in [0.717, 1.165) is 44.9 Å². The molecule has 0 N–H and O–H groups in total. The van der Waals surface area contributed by atoms with E-state index in [9.17, 15) is 9.59 Å². The van der Waals surface area contributed by atoms with Crippen molar-refractivity contribution in [3.63, 3.8) is 0 Å². The highest BCUT2D eigenvalue weighted by molar-refractivity contribution is 6.32. The number of hydrogen-bond donors (Lipinski definition) is 0. The van der Waals surface area contributed by atoms with Gasteiger partial charge in [0.2, 0.25) is 0 Å². The molecule has 0 bridgehead atoms. The number of allylic oxidation sites excluding steroid dienone is 4. The van der Waals surface area contributed by atoms with Crippen LogP contribution in [0.4, 0.5) is 0 Å². The molecule has 4 nitrogen and oxygen atoms in total. The first-order valence-corrected chi connectivity index (χ1v) is 10.6. The van der Waals surface area contributed by atoms with Crippen LogP contribution in [0.2, 0.25) is 0 Å². The van der Waals surface area contributed by atoms with Crippen molar-refractivity contribution in [3.05, 3.63) is 22.4 Å². The molecule has 148 valence electrons. The molecular weight excluding hydrogens is 364 g/mol. The van der Waals surface area contributed by atoms with Gasteiger partial charge >= 0.3 is 11.9 Å². The van der Waals surface area contributed by atoms with Crippen molar-refractivity contribution in [2.45, 2.75) is 71.8 Å². The molecule has 0 aromatic heterocycles. The van der Waals surface area contributed by atoms with E-state index in [2.05, 4.69) is 13.0 Å². The summed E-state index contributed by atoms with van der Waals surface area (Å²) in [6.45, 7) is 5.28. The second-order valence-corrected chi connectivity index (χ2v) is 9.40. The van der Waals surface area contributed by atoms with Crippen LogP contribution in [0.15, 0.2) is 22.4 Å². The molecule has 0 spiro atoms. The van der Waals surface area contributed by atoms with Crippen LogP contribution < -0.4 is 0 Å². The maximum absolute atomic E-state index is 11.5. The van der Waals surface area contributed by atoms with Gasteiger partial charge in [0.1, 0.15) is 11.9 Å². The van der Waals surface area contributed by atoms with Crippen LogP contribution in [0.1, 0.15) is 65.7 Å². The van der Waals surface area contributed by atoms with E-state index >= 15 is 0 Å². The molecule has 0 aromatic carbocycles. The summed E-state index contributed by atoms with van der Waals surface area (Å²) < 4.78 is 11.1. The highest BCUT2D eigenvalue weighted by atomic mass is 35.5. The Morgan fingerprint density at radius 1 is 1.11 bits per heavy atom. The SMILES string of the molecule is CC(=O)OC1=C(Cl)C2=CC[C@@H]3[C@H](CC[C@]4(C)C(OC(C)=O)CC[C@@H]34)[C@H]2CC1. The van der Waals surface area contributed by atoms with E-state index < -0.39 is 0 Å². The van der Waals surface area contributed by atoms with Gasteiger partial charge in [-0.15, -0.1) is 0 Å². The summed E-state index contributed by atoms with van der Waals surface area (Å²) in [5, 5.41) is 0.664. The van der Waals surface area contributed by atoms with Gasteiger partial charge < -0.3 is 9.47 Å². The third kappa shape index (κ3) is 3.14. The average Bonchev–Trinajstić information content (AvgIpc) is 2.93. The van der Waals surface area contributed by atoms with E-state index in [1.165, 1.54) is 19.4 Å². The number of esters is 2. The molecule has 1 unspecified atom stereocenters. The second kappa shape index (κ2) is 6.95. The highest BCUT2D eigenvalue weighted by Crippen LogP contribution is 2.62. The fraction of sp³-hybridized carbons (Fsp3) is 0.727. The minimum atomic E-state index is -0.299. The van der Waals surface area contributed by atoms with E-state index in [1.54, 1.807) is 0 Å². The van der Waals surface area contributed by atoms with Crippen molar-refractivity contribution in [1.82, 2.24) is 0 Å². The number of hydrogen-bond acceptors (Lipinski definition) is 4. The van der Waals surface area contributed by atoms with Gasteiger partial charge in [-0.2, -0.15) is 0 Å². The van der Waals surface area contributed by atoms with Crippen LogP contribution in [0.3, 0.4) is 0 Å². The monoisotopic (exact) mass is 392 g/mol. The van der Waals surface area contributed by atoms with Gasteiger partial charge in [-0.25, -0.2) is 0 Å². The second-order valence-electron chi connectivity index (χ2n) is 9.03. The van der Waals surface area contributed by atoms with Gasteiger partial charge in [0.05, 0.1) is 5.03 Å². The molecule has 2 saturated carbocycles. The Balaban J connectivity index is 1.58. The van der Waals surface area contributed by atoms with Crippen LogP contribution in [0, 0.1) is 29.1 Å². The number of rotatable bonds is 2. The predicted molar refractivity (Wildman–Crippen MR) is 103 cm³/mol. The number of carbonyl (C=O) groups excluding carboxylic acids is 2. The number of ether oxygens (including phenoxy) is 2. The van der Waals surface area contributed by atoms with Crippen molar-refractivity contribution in [3.8, 4) is 0 Å². The van der Waals surface area contributed by atoms with Gasteiger partial charge in [0.25, 0.3) is 0 Å². The quantitative estimate of drug-likeness (QED) is 0.612. The lowest BCUT2D eigenvalue weighted by molar-refractivity contribution is -0.155. The van der Waals surface area contributed by atoms with Crippen molar-refractivity contribution >= 4 is 23.5 Å². The summed E-state index contributed by atoms with van der Waals surface area (Å²) in [5.74, 6) is 2.53. The molecule has 0 aromatic rings. The van der Waals surface area contributed by atoms with Crippen molar-refractivity contribution in [2.24, 2.45) is 29.1 Å². The Kier molecular flexibility index (Phi) is 4.90. The molecular formula is C22H29ClO4. The van der Waals surface area contributed by atoms with Crippen molar-refractivity contribution in [1.29, 1.82) is 0 Å². The summed E-state index contributed by atoms with van der Waals surface area (Å²) >= 11 is 6.63. The maximum Gasteiger partial charge on any atom is 0.307 e. The molecule has 5 heteroatoms. The van der Waals surface area contributed by atoms with E-state index in [0.29, 0.717) is 34.5 Å². The molecule has 0 heterocycles. The van der Waals surface area contributed by atoms with Gasteiger partial charge in [-0.3, -0.25) is 9.59 Å². The zero-order valence-electron chi connectivity index (χ0n) is 16.4. The first-order chi connectivity index (χ1) is 12.8. The molecule has 0 aliphatic heterocycles. The number of fused-ring (bicyclic) bond motifs is 5. The largest absolute Gasteiger partial charge is 0.462 e. The molecule has 0 amide bonds. The Labute approximate surface area is 166 Å². The first-order valence-electron chi connectivity index (χ1n) is 10.3. The molecule has 6 atom stereocenters. The Hall–Kier alpha value is -1.29. The zero-order valence-corrected chi connectivity index (χ0v) is 17.2. The van der Waals surface area contributed by atoms with Crippen LogP contribution in [0.5, 0.6) is 0 Å². The van der Waals surface area contributed by atoms with Crippen LogP contribution in [-0.2, 0) is 19.1 Å². The summed E-state index contributed by atoms with van der Waals surface area (Å²) in [6, 6.07) is 0.